The Morgan fingerprint density at radius 2 is 0.536 bits per heavy atom. The second-order valence-corrected chi connectivity index (χ2v) is 15.4. The highest BCUT2D eigenvalue weighted by molar-refractivity contribution is 6.10. The van der Waals surface area contributed by atoms with E-state index in [0.717, 1.165) is 0 Å². The number of aryl methyl sites for hydroxylation is 4. The maximum absolute atomic E-state index is 2.39. The van der Waals surface area contributed by atoms with Gasteiger partial charge in [-0.3, -0.25) is 0 Å². The summed E-state index contributed by atoms with van der Waals surface area (Å²) in [4.78, 5) is 0. The molecule has 8 aromatic carbocycles. The monoisotopic (exact) mass is 718 g/mol. The second-order valence-electron chi connectivity index (χ2n) is 15.4. The molecule has 0 aliphatic rings. The van der Waals surface area contributed by atoms with E-state index in [-0.39, 0.29) is 0 Å². The Hall–Kier alpha value is -6.90. The molecule has 0 saturated heterocycles. The van der Waals surface area contributed by atoms with Crippen LogP contribution in [0.3, 0.4) is 0 Å². The second kappa shape index (κ2) is 13.4. The summed E-state index contributed by atoms with van der Waals surface area (Å²) in [6.07, 6.45) is 4.38. The van der Waals surface area contributed by atoms with Gasteiger partial charge in [-0.05, 0) is 134 Å². The molecule has 0 atom stereocenters. The van der Waals surface area contributed by atoms with Gasteiger partial charge in [0.25, 0.3) is 0 Å². The van der Waals surface area contributed by atoms with Gasteiger partial charge in [-0.15, -0.1) is 0 Å². The van der Waals surface area contributed by atoms with Crippen molar-refractivity contribution in [2.24, 2.45) is 0 Å². The number of rotatable bonds is 6. The first-order valence-electron chi connectivity index (χ1n) is 19.5. The molecule has 268 valence electrons. The zero-order valence-electron chi connectivity index (χ0n) is 32.2. The first kappa shape index (κ1) is 33.7. The fraction of sp³-hybridized carbons (Fsp3) is 0.0741. The van der Waals surface area contributed by atoms with E-state index in [4.69, 9.17) is 0 Å². The van der Waals surface area contributed by atoms with E-state index >= 15 is 0 Å². The van der Waals surface area contributed by atoms with Crippen LogP contribution in [0.15, 0.2) is 170 Å². The summed E-state index contributed by atoms with van der Waals surface area (Å²) in [6.45, 7) is 8.67. The van der Waals surface area contributed by atoms with Crippen molar-refractivity contribution in [1.82, 2.24) is 9.13 Å². The molecular formula is C54H42N2. The maximum Gasteiger partial charge on any atom is 0.0541 e. The van der Waals surface area contributed by atoms with E-state index < -0.39 is 0 Å². The standard InChI is InChI=1S/C54H42N2/c1-35-5-27-51-47(31-35)48-32-36(2)6-28-52(48)55(51)45-23-19-43(20-24-45)41-15-11-39(12-16-41)9-10-40-13-17-42(18-14-40)44-21-25-46(26-22-44)56-53-29-7-37(3)33-49(53)50-34-38(4)8-30-54(50)56/h5-34H,1-4H3. The summed E-state index contributed by atoms with van der Waals surface area (Å²) in [5, 5.41) is 5.22. The molecule has 2 heteroatoms. The molecule has 0 amide bonds. The largest absolute Gasteiger partial charge is 0.309 e. The Kier molecular flexibility index (Phi) is 8.08. The van der Waals surface area contributed by atoms with E-state index in [1.165, 1.54) is 111 Å². The minimum Gasteiger partial charge on any atom is -0.309 e. The van der Waals surface area contributed by atoms with Crippen LogP contribution < -0.4 is 0 Å². The third-order valence-electron chi connectivity index (χ3n) is 11.4. The summed E-state index contributed by atoms with van der Waals surface area (Å²) in [6, 6.07) is 62.7. The van der Waals surface area contributed by atoms with Crippen LogP contribution in [0.1, 0.15) is 33.4 Å². The Bertz CT molecular complexity index is 2780. The lowest BCUT2D eigenvalue weighted by molar-refractivity contribution is 1.18. The van der Waals surface area contributed by atoms with Gasteiger partial charge < -0.3 is 9.13 Å². The maximum atomic E-state index is 2.39. The van der Waals surface area contributed by atoms with E-state index in [9.17, 15) is 0 Å². The average Bonchev–Trinajstić information content (AvgIpc) is 3.71. The minimum absolute atomic E-state index is 1.17. The van der Waals surface area contributed by atoms with E-state index in [1.54, 1.807) is 0 Å². The van der Waals surface area contributed by atoms with Gasteiger partial charge in [-0.2, -0.15) is 0 Å². The highest BCUT2D eigenvalue weighted by Gasteiger charge is 2.14. The fourth-order valence-electron chi connectivity index (χ4n) is 8.43. The number of hydrogen-bond donors (Lipinski definition) is 0. The summed E-state index contributed by atoms with van der Waals surface area (Å²) in [7, 11) is 0. The van der Waals surface area contributed by atoms with E-state index in [1.807, 2.05) is 0 Å². The zero-order chi connectivity index (χ0) is 37.9. The van der Waals surface area contributed by atoms with Crippen molar-refractivity contribution in [3.05, 3.63) is 203 Å². The molecule has 0 radical (unpaired) electrons. The van der Waals surface area contributed by atoms with Gasteiger partial charge >= 0.3 is 0 Å². The van der Waals surface area contributed by atoms with Crippen molar-refractivity contribution in [2.75, 3.05) is 0 Å². The molecule has 0 fully saturated rings. The molecule has 0 saturated carbocycles. The number of benzene rings is 8. The van der Waals surface area contributed by atoms with Crippen LogP contribution in [0.4, 0.5) is 0 Å². The molecule has 0 N–H and O–H groups in total. The summed E-state index contributed by atoms with van der Waals surface area (Å²) in [5.74, 6) is 0. The highest BCUT2D eigenvalue weighted by Crippen LogP contribution is 2.36. The van der Waals surface area contributed by atoms with Gasteiger partial charge in [0.2, 0.25) is 0 Å². The van der Waals surface area contributed by atoms with Crippen molar-refractivity contribution >= 4 is 55.8 Å². The molecule has 56 heavy (non-hydrogen) atoms. The smallest absolute Gasteiger partial charge is 0.0541 e. The quantitative estimate of drug-likeness (QED) is 0.152. The lowest BCUT2D eigenvalue weighted by Gasteiger charge is -2.10. The van der Waals surface area contributed by atoms with Crippen molar-refractivity contribution in [2.45, 2.75) is 27.7 Å². The predicted molar refractivity (Wildman–Crippen MR) is 240 cm³/mol. The molecule has 0 bridgehead atoms. The normalized spacial score (nSPS) is 11.9. The number of aromatic nitrogens is 2. The van der Waals surface area contributed by atoms with Crippen LogP contribution in [0.2, 0.25) is 0 Å². The first-order valence-corrected chi connectivity index (χ1v) is 19.5. The van der Waals surface area contributed by atoms with Crippen LogP contribution in [0, 0.1) is 27.7 Å². The molecule has 10 aromatic rings. The van der Waals surface area contributed by atoms with E-state index in [0.29, 0.717) is 0 Å². The molecule has 0 aliphatic heterocycles. The van der Waals surface area contributed by atoms with Gasteiger partial charge in [0.1, 0.15) is 0 Å². The molecule has 0 unspecified atom stereocenters. The third kappa shape index (κ3) is 5.91. The topological polar surface area (TPSA) is 9.86 Å². The Morgan fingerprint density at radius 1 is 0.286 bits per heavy atom. The molecule has 0 spiro atoms. The van der Waals surface area contributed by atoms with Gasteiger partial charge in [0, 0.05) is 32.9 Å². The van der Waals surface area contributed by atoms with Gasteiger partial charge in [-0.1, -0.05) is 131 Å². The first-order chi connectivity index (χ1) is 27.4. The Morgan fingerprint density at radius 3 is 0.804 bits per heavy atom. The highest BCUT2D eigenvalue weighted by atomic mass is 15.0. The van der Waals surface area contributed by atoms with Crippen molar-refractivity contribution < 1.29 is 0 Å². The molecule has 2 heterocycles. The van der Waals surface area contributed by atoms with Gasteiger partial charge in [0.05, 0.1) is 22.1 Å². The lowest BCUT2D eigenvalue weighted by atomic mass is 10.0. The number of nitrogens with zero attached hydrogens (tertiary/aromatic N) is 2. The minimum atomic E-state index is 1.17. The molecule has 2 aromatic heterocycles. The van der Waals surface area contributed by atoms with Crippen LogP contribution in [0.5, 0.6) is 0 Å². The van der Waals surface area contributed by atoms with Crippen LogP contribution in [-0.4, -0.2) is 9.13 Å². The summed E-state index contributed by atoms with van der Waals surface area (Å²) in [5.41, 5.74) is 19.6. The van der Waals surface area contributed by atoms with Crippen LogP contribution >= 0.6 is 0 Å². The average molecular weight is 719 g/mol. The molecular weight excluding hydrogens is 677 g/mol. The fourth-order valence-corrected chi connectivity index (χ4v) is 8.43. The van der Waals surface area contributed by atoms with Gasteiger partial charge in [0.15, 0.2) is 0 Å². The zero-order valence-corrected chi connectivity index (χ0v) is 32.2. The van der Waals surface area contributed by atoms with Crippen LogP contribution in [0.25, 0.3) is 89.4 Å². The third-order valence-corrected chi connectivity index (χ3v) is 11.4. The summed E-state index contributed by atoms with van der Waals surface area (Å²) < 4.78 is 4.78. The predicted octanol–water partition coefficient (Wildman–Crippen LogP) is 14.6. The van der Waals surface area contributed by atoms with Crippen LogP contribution in [-0.2, 0) is 0 Å². The molecule has 10 rings (SSSR count). The van der Waals surface area contributed by atoms with Crippen molar-refractivity contribution in [3.8, 4) is 33.6 Å². The van der Waals surface area contributed by atoms with E-state index in [2.05, 4.69) is 219 Å². The SMILES string of the molecule is Cc1ccc2c(c1)c1cc(C)ccc1n2-c1ccc(-c2ccc(C=Cc3ccc(-c4ccc(-n5c6ccc(C)cc6c6cc(C)ccc65)cc4)cc3)cc2)cc1. The molecule has 0 aliphatic carbocycles. The lowest BCUT2D eigenvalue weighted by Crippen LogP contribution is -1.94. The summed E-state index contributed by atoms with van der Waals surface area (Å²) >= 11 is 0. The Balaban J connectivity index is 0.848. The van der Waals surface area contributed by atoms with Crippen molar-refractivity contribution in [3.63, 3.8) is 0 Å². The number of hydrogen-bond acceptors (Lipinski definition) is 0. The van der Waals surface area contributed by atoms with Crippen molar-refractivity contribution in [1.29, 1.82) is 0 Å². The van der Waals surface area contributed by atoms with Gasteiger partial charge in [-0.25, -0.2) is 0 Å². The molecule has 2 nitrogen and oxygen atoms in total. The Labute approximate surface area is 328 Å². The number of fused-ring (bicyclic) bond motifs is 6.